The van der Waals surface area contributed by atoms with Gasteiger partial charge < -0.3 is 34.7 Å². The summed E-state index contributed by atoms with van der Waals surface area (Å²) in [5.41, 5.74) is 5.67. The quantitative estimate of drug-likeness (QED) is 0.0559. The topological polar surface area (TPSA) is 140 Å². The number of allylic oxidation sites excluding steroid dienone is 1. The molecule has 2 amide bonds. The summed E-state index contributed by atoms with van der Waals surface area (Å²) in [6, 6.07) is 15.0. The number of methoxy groups -OCH3 is 1. The summed E-state index contributed by atoms with van der Waals surface area (Å²) < 4.78 is 24.1. The lowest BCUT2D eigenvalue weighted by Crippen LogP contribution is -2.45. The van der Waals surface area contributed by atoms with E-state index in [-0.39, 0.29) is 12.2 Å². The number of rotatable bonds is 13. The molecular weight excluding hydrogens is 783 g/mol. The zero-order valence-electron chi connectivity index (χ0n) is 24.5. The molecule has 1 aliphatic heterocycles. The van der Waals surface area contributed by atoms with Gasteiger partial charge in [0.05, 0.1) is 39.6 Å². The van der Waals surface area contributed by atoms with E-state index in [1.165, 1.54) is 7.11 Å². The van der Waals surface area contributed by atoms with Crippen molar-refractivity contribution in [2.75, 3.05) is 20.3 Å². The fourth-order valence-electron chi connectivity index (χ4n) is 4.35. The maximum atomic E-state index is 12.4. The van der Waals surface area contributed by atoms with Gasteiger partial charge >= 0.3 is 12.0 Å². The smallest absolute Gasteiger partial charge is 0.337 e. The average Bonchev–Trinajstić information content (AvgIpc) is 3.00. The molecule has 11 nitrogen and oxygen atoms in total. The molecule has 4 rings (SSSR count). The van der Waals surface area contributed by atoms with Crippen molar-refractivity contribution >= 4 is 68.3 Å². The van der Waals surface area contributed by atoms with Crippen LogP contribution in [0.1, 0.15) is 36.6 Å². The first-order chi connectivity index (χ1) is 21.6. The Hall–Kier alpha value is -3.53. The molecule has 4 N–H and O–H groups in total. The largest absolute Gasteiger partial charge is 0.490 e. The predicted molar refractivity (Wildman–Crippen MR) is 182 cm³/mol. The molecule has 45 heavy (non-hydrogen) atoms. The molecule has 0 bridgehead atoms. The summed E-state index contributed by atoms with van der Waals surface area (Å²) in [4.78, 5) is 24.6. The van der Waals surface area contributed by atoms with Gasteiger partial charge in [-0.15, -0.1) is 0 Å². The molecule has 3 aromatic carbocycles. The lowest BCUT2D eigenvalue weighted by atomic mass is 9.95. The van der Waals surface area contributed by atoms with Crippen molar-refractivity contribution in [3.05, 3.63) is 95.6 Å². The van der Waals surface area contributed by atoms with Gasteiger partial charge in [-0.05, 0) is 105 Å². The highest BCUT2D eigenvalue weighted by molar-refractivity contribution is 14.1. The minimum Gasteiger partial charge on any atom is -0.490 e. The van der Waals surface area contributed by atoms with Crippen molar-refractivity contribution in [1.29, 1.82) is 0 Å². The van der Waals surface area contributed by atoms with E-state index in [1.807, 2.05) is 43.3 Å². The molecule has 0 radical (unpaired) electrons. The molecule has 2 atom stereocenters. The zero-order valence-corrected chi connectivity index (χ0v) is 29.0. The van der Waals surface area contributed by atoms with Gasteiger partial charge in [-0.1, -0.05) is 29.8 Å². The van der Waals surface area contributed by atoms with Crippen molar-refractivity contribution in [3.8, 4) is 17.2 Å². The number of hydrogen-bond acceptors (Lipinski definition) is 9. The van der Waals surface area contributed by atoms with Gasteiger partial charge in [0, 0.05) is 10.7 Å². The number of ether oxygens (including phenoxy) is 4. The van der Waals surface area contributed by atoms with Crippen LogP contribution in [-0.2, 0) is 16.1 Å². The third kappa shape index (κ3) is 9.25. The fourth-order valence-corrected chi connectivity index (χ4v) is 6.24. The number of esters is 1. The van der Waals surface area contributed by atoms with Crippen molar-refractivity contribution in [3.63, 3.8) is 0 Å². The van der Waals surface area contributed by atoms with E-state index in [9.17, 15) is 14.7 Å². The number of nitrogens with one attached hydrogen (secondary N) is 3. The third-order valence-corrected chi connectivity index (χ3v) is 8.07. The Bertz CT molecular complexity index is 1580. The molecule has 0 aromatic heterocycles. The van der Waals surface area contributed by atoms with Crippen molar-refractivity contribution < 1.29 is 33.6 Å². The van der Waals surface area contributed by atoms with Crippen LogP contribution in [0.5, 0.6) is 17.2 Å². The third-order valence-electron chi connectivity index (χ3n) is 6.43. The van der Waals surface area contributed by atoms with Crippen LogP contribution >= 0.6 is 50.1 Å². The molecule has 0 spiro atoms. The second-order valence-corrected chi connectivity index (χ2v) is 12.1. The summed E-state index contributed by atoms with van der Waals surface area (Å²) in [6.45, 7) is 4.02. The minimum atomic E-state index is -1.14. The monoisotopic (exact) mass is 812 g/mol. The van der Waals surface area contributed by atoms with Crippen LogP contribution in [-0.4, -0.2) is 49.9 Å². The van der Waals surface area contributed by atoms with Crippen LogP contribution in [0.2, 0.25) is 5.02 Å². The van der Waals surface area contributed by atoms with Gasteiger partial charge in [0.25, 0.3) is 0 Å². The molecular formula is C31H31BrClIN4O7. The molecule has 0 saturated heterocycles. The van der Waals surface area contributed by atoms with Crippen LogP contribution < -0.4 is 30.3 Å². The lowest BCUT2D eigenvalue weighted by Gasteiger charge is -2.28. The second kappa shape index (κ2) is 16.2. The van der Waals surface area contributed by atoms with E-state index in [4.69, 9.17) is 30.5 Å². The van der Waals surface area contributed by atoms with Gasteiger partial charge in [0.1, 0.15) is 19.0 Å². The number of amides is 2. The van der Waals surface area contributed by atoms with E-state index < -0.39 is 24.3 Å². The average molecular weight is 814 g/mol. The van der Waals surface area contributed by atoms with Gasteiger partial charge in [0.2, 0.25) is 0 Å². The molecule has 0 unspecified atom stereocenters. The summed E-state index contributed by atoms with van der Waals surface area (Å²) in [5.74, 6) is 0.866. The van der Waals surface area contributed by atoms with E-state index in [1.54, 1.807) is 31.3 Å². The first-order valence-corrected chi connectivity index (χ1v) is 15.9. The van der Waals surface area contributed by atoms with Crippen LogP contribution in [0.25, 0.3) is 0 Å². The summed E-state index contributed by atoms with van der Waals surface area (Å²) in [7, 11) is 1.28. The maximum absolute atomic E-state index is 12.4. The Morgan fingerprint density at radius 2 is 1.91 bits per heavy atom. The predicted octanol–water partition coefficient (Wildman–Crippen LogP) is 5.81. The highest BCUT2D eigenvalue weighted by Crippen LogP contribution is 2.35. The highest BCUT2D eigenvalue weighted by Gasteiger charge is 2.32. The molecule has 14 heteroatoms. The number of carbonyl (C=O) groups excluding carboxylic acids is 2. The van der Waals surface area contributed by atoms with Crippen molar-refractivity contribution in [2.45, 2.75) is 32.7 Å². The lowest BCUT2D eigenvalue weighted by molar-refractivity contribution is -0.136. The number of aliphatic hydroxyl groups excluding tert-OH is 1. The number of aliphatic hydroxyl groups is 1. The molecule has 238 valence electrons. The first kappa shape index (κ1) is 34.3. The number of hydrazone groups is 1. The van der Waals surface area contributed by atoms with Crippen LogP contribution in [0.4, 0.5) is 4.79 Å². The maximum Gasteiger partial charge on any atom is 0.337 e. The Morgan fingerprint density at radius 1 is 1.16 bits per heavy atom. The van der Waals surface area contributed by atoms with Crippen molar-refractivity contribution in [2.24, 2.45) is 5.10 Å². The van der Waals surface area contributed by atoms with Gasteiger partial charge in [-0.25, -0.2) is 9.59 Å². The minimum absolute atomic E-state index is 0.147. The van der Waals surface area contributed by atoms with Gasteiger partial charge in [-0.3, -0.25) is 5.43 Å². The molecule has 1 heterocycles. The molecule has 1 aliphatic rings. The zero-order chi connectivity index (χ0) is 32.5. The van der Waals surface area contributed by atoms with E-state index >= 15 is 0 Å². The Labute approximate surface area is 287 Å². The highest BCUT2D eigenvalue weighted by atomic mass is 127. The van der Waals surface area contributed by atoms with E-state index in [2.05, 4.69) is 59.7 Å². The molecule has 0 saturated carbocycles. The number of benzene rings is 3. The fraction of sp³-hybridized carbons (Fsp3) is 0.258. The number of nitrogens with zero attached hydrogens (tertiary/aromatic N) is 1. The number of urea groups is 1. The number of halogens is 3. The summed E-state index contributed by atoms with van der Waals surface area (Å²) in [6.07, 6.45) is 0.432. The number of carbonyl (C=O) groups is 2. The van der Waals surface area contributed by atoms with Crippen LogP contribution in [0.3, 0.4) is 0 Å². The van der Waals surface area contributed by atoms with Crippen molar-refractivity contribution in [1.82, 2.24) is 16.1 Å². The van der Waals surface area contributed by atoms with Gasteiger partial charge in [-0.2, -0.15) is 5.10 Å². The second-order valence-electron chi connectivity index (χ2n) is 9.64. The van der Waals surface area contributed by atoms with Crippen LogP contribution in [0, 0.1) is 3.57 Å². The Balaban J connectivity index is 1.37. The molecule has 3 aromatic rings. The normalized spacial score (nSPS) is 15.3. The van der Waals surface area contributed by atoms with Crippen LogP contribution in [0.15, 0.2) is 75.4 Å². The Kier molecular flexibility index (Phi) is 12.3. The molecule has 0 aliphatic carbocycles. The summed E-state index contributed by atoms with van der Waals surface area (Å²) >= 11 is 11.7. The van der Waals surface area contributed by atoms with Gasteiger partial charge in [0.15, 0.2) is 17.7 Å². The summed E-state index contributed by atoms with van der Waals surface area (Å²) in [5, 5.41) is 20.6. The number of hydrogen-bond donors (Lipinski definition) is 4. The SMILES string of the molecule is CCOc1cc([C@@H]2NC(=O)NC(C)=C2C(=O)OC)ccc1OC[C@@H](O)N/N=C\c1cc(Br)c(OCc2ccc(Cl)cc2)c(I)c1. The Morgan fingerprint density at radius 3 is 2.60 bits per heavy atom. The standard InChI is InChI=1S/C31H31BrClIN4O7/c1-4-43-25-13-20(28-27(30(40)42-3)17(2)36-31(41)37-28)7-10-24(25)44-16-26(39)38-35-14-19-11-22(32)29(23(34)12-19)45-15-18-5-8-21(33)9-6-18/h5-14,26,28,38-39H,4,15-16H2,1-3H3,(H2,36,37,41)/b35-14-/t26-,28+/m1/s1. The van der Waals surface area contributed by atoms with E-state index in [0.717, 1.165) is 19.2 Å². The molecule has 0 fully saturated rings. The first-order valence-electron chi connectivity index (χ1n) is 13.7. The van der Waals surface area contributed by atoms with E-state index in [0.29, 0.717) is 46.7 Å².